The van der Waals surface area contributed by atoms with Crippen LogP contribution in [-0.2, 0) is 6.18 Å². The van der Waals surface area contributed by atoms with Crippen LogP contribution in [-0.4, -0.2) is 28.1 Å². The molecule has 0 amide bonds. The molecule has 0 spiro atoms. The van der Waals surface area contributed by atoms with E-state index in [2.05, 4.69) is 10.1 Å². The maximum Gasteiger partial charge on any atom is 0.453 e. The molecular weight excluding hydrogens is 389 g/mol. The van der Waals surface area contributed by atoms with Gasteiger partial charge in [0, 0.05) is 16.5 Å². The van der Waals surface area contributed by atoms with Gasteiger partial charge in [0.1, 0.15) is 5.82 Å². The van der Waals surface area contributed by atoms with Crippen molar-refractivity contribution in [1.82, 2.24) is 14.8 Å². The van der Waals surface area contributed by atoms with Gasteiger partial charge in [0.05, 0.1) is 12.8 Å². The number of benzene rings is 2. The molecule has 10 heteroatoms. The minimum Gasteiger partial charge on any atom is -0.494 e. The third-order valence-corrected chi connectivity index (χ3v) is 4.42. The molecule has 4 nitrogen and oxygen atoms in total. The van der Waals surface area contributed by atoms with Crippen LogP contribution in [0.4, 0.5) is 22.0 Å². The summed E-state index contributed by atoms with van der Waals surface area (Å²) in [6.07, 6.45) is -3.15. The van der Waals surface area contributed by atoms with E-state index in [1.54, 1.807) is 6.26 Å². The van der Waals surface area contributed by atoms with E-state index in [9.17, 15) is 22.0 Å². The first-order valence-electron chi connectivity index (χ1n) is 7.46. The van der Waals surface area contributed by atoms with Gasteiger partial charge in [0.2, 0.25) is 0 Å². The van der Waals surface area contributed by atoms with Crippen LogP contribution in [0.2, 0.25) is 0 Å². The van der Waals surface area contributed by atoms with Crippen molar-refractivity contribution in [2.75, 3.05) is 13.4 Å². The molecule has 0 N–H and O–H groups in total. The van der Waals surface area contributed by atoms with Gasteiger partial charge < -0.3 is 4.74 Å². The van der Waals surface area contributed by atoms with E-state index < -0.39 is 23.6 Å². The van der Waals surface area contributed by atoms with Crippen LogP contribution < -0.4 is 4.74 Å². The van der Waals surface area contributed by atoms with Gasteiger partial charge in [-0.15, -0.1) is 16.9 Å². The maximum absolute atomic E-state index is 14.1. The summed E-state index contributed by atoms with van der Waals surface area (Å²) >= 11 is 1.15. The third-order valence-electron chi connectivity index (χ3n) is 3.65. The predicted octanol–water partition coefficient (Wildman–Crippen LogP) is 4.96. The number of aromatic nitrogens is 3. The molecule has 3 rings (SSSR count). The molecule has 2 aromatic carbocycles. The zero-order valence-electron chi connectivity index (χ0n) is 14.0. The van der Waals surface area contributed by atoms with E-state index in [4.69, 9.17) is 4.74 Å². The Bertz CT molecular complexity index is 916. The van der Waals surface area contributed by atoms with E-state index in [1.807, 2.05) is 0 Å². The largest absolute Gasteiger partial charge is 0.494 e. The second-order valence-electron chi connectivity index (χ2n) is 5.34. The van der Waals surface area contributed by atoms with Crippen LogP contribution in [0, 0.1) is 11.6 Å². The summed E-state index contributed by atoms with van der Waals surface area (Å²) in [6.45, 7) is 0. The summed E-state index contributed by atoms with van der Waals surface area (Å²) in [5.74, 6) is -3.16. The van der Waals surface area contributed by atoms with Gasteiger partial charge in [-0.3, -0.25) is 0 Å². The van der Waals surface area contributed by atoms with Crippen molar-refractivity contribution in [2.24, 2.45) is 0 Å². The summed E-state index contributed by atoms with van der Waals surface area (Å²) < 4.78 is 73.0. The minimum absolute atomic E-state index is 0.0273. The molecule has 27 heavy (non-hydrogen) atoms. The summed E-state index contributed by atoms with van der Waals surface area (Å²) in [4.78, 5) is 3.81. The van der Waals surface area contributed by atoms with Crippen LogP contribution in [0.25, 0.3) is 17.1 Å². The molecule has 0 bridgehead atoms. The third kappa shape index (κ3) is 3.75. The first-order chi connectivity index (χ1) is 12.7. The molecule has 142 valence electrons. The quantitative estimate of drug-likeness (QED) is 0.458. The molecule has 0 radical (unpaired) electrons. The van der Waals surface area contributed by atoms with Crippen LogP contribution in [0.3, 0.4) is 0 Å². The van der Waals surface area contributed by atoms with Crippen molar-refractivity contribution >= 4 is 11.8 Å². The first-order valence-corrected chi connectivity index (χ1v) is 8.69. The van der Waals surface area contributed by atoms with Crippen molar-refractivity contribution in [1.29, 1.82) is 0 Å². The van der Waals surface area contributed by atoms with E-state index in [-0.39, 0.29) is 22.8 Å². The molecule has 1 heterocycles. The molecule has 0 saturated heterocycles. The van der Waals surface area contributed by atoms with E-state index in [1.165, 1.54) is 31.4 Å². The lowest BCUT2D eigenvalue weighted by atomic mass is 10.2. The number of methoxy groups -OCH3 is 1. The Balaban J connectivity index is 2.20. The van der Waals surface area contributed by atoms with Crippen molar-refractivity contribution in [3.63, 3.8) is 0 Å². The zero-order valence-corrected chi connectivity index (χ0v) is 14.8. The highest BCUT2D eigenvalue weighted by Crippen LogP contribution is 2.32. The Morgan fingerprint density at radius 1 is 1.04 bits per heavy atom. The summed E-state index contributed by atoms with van der Waals surface area (Å²) in [5.41, 5.74) is 0.0603. The Hall–Kier alpha value is -2.62. The second-order valence-corrected chi connectivity index (χ2v) is 6.18. The second kappa shape index (κ2) is 7.18. The maximum atomic E-state index is 14.1. The Labute approximate surface area is 155 Å². The molecule has 0 aliphatic carbocycles. The van der Waals surface area contributed by atoms with Crippen molar-refractivity contribution in [2.45, 2.75) is 11.1 Å². The lowest BCUT2D eigenvalue weighted by Gasteiger charge is -2.09. The predicted molar refractivity (Wildman–Crippen MR) is 90.0 cm³/mol. The molecule has 3 aromatic rings. The zero-order chi connectivity index (χ0) is 19.8. The highest BCUT2D eigenvalue weighted by molar-refractivity contribution is 7.98. The number of hydrogen-bond donors (Lipinski definition) is 0. The molecule has 0 saturated carbocycles. The summed E-state index contributed by atoms with van der Waals surface area (Å²) in [6, 6.07) is 7.45. The van der Waals surface area contributed by atoms with Crippen molar-refractivity contribution < 1.29 is 26.7 Å². The fraction of sp³-hybridized carbons (Fsp3) is 0.176. The van der Waals surface area contributed by atoms with Crippen molar-refractivity contribution in [3.05, 3.63) is 53.9 Å². The topological polar surface area (TPSA) is 39.9 Å². The highest BCUT2D eigenvalue weighted by Gasteiger charge is 2.37. The van der Waals surface area contributed by atoms with Crippen LogP contribution >= 0.6 is 11.8 Å². The fourth-order valence-electron chi connectivity index (χ4n) is 2.39. The summed E-state index contributed by atoms with van der Waals surface area (Å²) in [7, 11) is 1.26. The van der Waals surface area contributed by atoms with Crippen molar-refractivity contribution in [3.8, 4) is 22.8 Å². The van der Waals surface area contributed by atoms with Crippen LogP contribution in [0.1, 0.15) is 5.82 Å². The van der Waals surface area contributed by atoms with Gasteiger partial charge in [-0.1, -0.05) is 0 Å². The number of rotatable bonds is 4. The monoisotopic (exact) mass is 401 g/mol. The average molecular weight is 401 g/mol. The standard InChI is InChI=1S/C17H12F5N3OS/c1-26-13-5-3-9(7-11(13)18)15-23-16(17(20,21)22)24-25(15)10-4-6-14(27-2)12(19)8-10/h3-8H,1-2H3. The number of ether oxygens (including phenoxy) is 1. The molecule has 0 unspecified atom stereocenters. The number of nitrogens with zero attached hydrogens (tertiary/aromatic N) is 3. The Kier molecular flexibility index (Phi) is 5.09. The average Bonchev–Trinajstić information content (AvgIpc) is 3.07. The number of thioether (sulfide) groups is 1. The molecule has 0 atom stereocenters. The minimum atomic E-state index is -4.82. The molecule has 0 aliphatic heterocycles. The van der Waals surface area contributed by atoms with E-state index in [0.717, 1.165) is 28.6 Å². The van der Waals surface area contributed by atoms with E-state index in [0.29, 0.717) is 4.90 Å². The lowest BCUT2D eigenvalue weighted by Crippen LogP contribution is -2.08. The van der Waals surface area contributed by atoms with E-state index >= 15 is 0 Å². The summed E-state index contributed by atoms with van der Waals surface area (Å²) in [5, 5.41) is 3.45. The molecule has 0 aliphatic rings. The lowest BCUT2D eigenvalue weighted by molar-refractivity contribution is -0.144. The van der Waals surface area contributed by atoms with Gasteiger partial charge in [-0.2, -0.15) is 13.2 Å². The molecule has 0 fully saturated rings. The van der Waals surface area contributed by atoms with Gasteiger partial charge in [0.15, 0.2) is 17.4 Å². The number of halogens is 5. The SMILES string of the molecule is COc1ccc(-c2nc(C(F)(F)F)nn2-c2ccc(SC)c(F)c2)cc1F. The smallest absolute Gasteiger partial charge is 0.453 e. The van der Waals surface area contributed by atoms with Gasteiger partial charge >= 0.3 is 6.18 Å². The Morgan fingerprint density at radius 3 is 2.33 bits per heavy atom. The number of alkyl halides is 3. The van der Waals surface area contributed by atoms with Crippen LogP contribution in [0.5, 0.6) is 5.75 Å². The molecular formula is C17H12F5N3OS. The van der Waals surface area contributed by atoms with Gasteiger partial charge in [-0.05, 0) is 36.6 Å². The van der Waals surface area contributed by atoms with Crippen LogP contribution in [0.15, 0.2) is 41.3 Å². The highest BCUT2D eigenvalue weighted by atomic mass is 32.2. The van der Waals surface area contributed by atoms with Gasteiger partial charge in [0.25, 0.3) is 5.82 Å². The number of hydrogen-bond acceptors (Lipinski definition) is 4. The normalized spacial score (nSPS) is 11.7. The first kappa shape index (κ1) is 19.2. The van der Waals surface area contributed by atoms with Gasteiger partial charge in [-0.25, -0.2) is 18.4 Å². The Morgan fingerprint density at radius 2 is 1.78 bits per heavy atom. The molecule has 1 aromatic heterocycles. The fourth-order valence-corrected chi connectivity index (χ4v) is 2.85.